The molecule has 2 saturated heterocycles. The summed E-state index contributed by atoms with van der Waals surface area (Å²) in [7, 11) is 2.21. The number of nitrogens with zero attached hydrogens (tertiary/aromatic N) is 2. The van der Waals surface area contributed by atoms with Gasteiger partial charge in [0.1, 0.15) is 5.76 Å². The van der Waals surface area contributed by atoms with Gasteiger partial charge in [-0.15, -0.1) is 11.3 Å². The molecule has 0 spiro atoms. The van der Waals surface area contributed by atoms with Crippen molar-refractivity contribution in [2.45, 2.75) is 38.1 Å². The van der Waals surface area contributed by atoms with Crippen LogP contribution < -0.4 is 0 Å². The van der Waals surface area contributed by atoms with Crippen molar-refractivity contribution in [3.8, 4) is 0 Å². The van der Waals surface area contributed by atoms with Crippen molar-refractivity contribution < 1.29 is 9.15 Å². The van der Waals surface area contributed by atoms with Crippen LogP contribution in [0.4, 0.5) is 0 Å². The van der Waals surface area contributed by atoms with E-state index in [0.717, 1.165) is 38.5 Å². The second-order valence-electron chi connectivity index (χ2n) is 7.07. The second kappa shape index (κ2) is 7.40. The molecule has 0 radical (unpaired) electrons. The average Bonchev–Trinajstić information content (AvgIpc) is 3.28. The van der Waals surface area contributed by atoms with Crippen LogP contribution in [0.25, 0.3) is 0 Å². The number of hydrogen-bond donors (Lipinski definition) is 0. The van der Waals surface area contributed by atoms with Crippen molar-refractivity contribution in [3.05, 3.63) is 46.5 Å². The fourth-order valence-electron chi connectivity index (χ4n) is 4.17. The number of rotatable bonds is 5. The third-order valence-electron chi connectivity index (χ3n) is 5.32. The summed E-state index contributed by atoms with van der Waals surface area (Å²) in [6.45, 7) is 5.05. The molecule has 24 heavy (non-hydrogen) atoms. The molecule has 4 heterocycles. The number of fused-ring (bicyclic) bond motifs is 1. The molecule has 4 rings (SSSR count). The minimum Gasteiger partial charge on any atom is -0.468 e. The predicted octanol–water partition coefficient (Wildman–Crippen LogP) is 3.45. The first-order valence-corrected chi connectivity index (χ1v) is 9.76. The van der Waals surface area contributed by atoms with Gasteiger partial charge in [0, 0.05) is 37.2 Å². The van der Waals surface area contributed by atoms with Gasteiger partial charge in [-0.3, -0.25) is 9.80 Å². The Balaban J connectivity index is 1.48. The fraction of sp³-hybridized carbons (Fsp3) is 0.579. The maximum absolute atomic E-state index is 6.22. The number of piperidine rings is 1. The van der Waals surface area contributed by atoms with Crippen LogP contribution >= 0.6 is 11.3 Å². The Morgan fingerprint density at radius 3 is 3.04 bits per heavy atom. The molecule has 0 unspecified atom stereocenters. The number of ether oxygens (including phenoxy) is 1. The normalized spacial score (nSPS) is 28.2. The first kappa shape index (κ1) is 16.3. The highest BCUT2D eigenvalue weighted by atomic mass is 32.1. The van der Waals surface area contributed by atoms with Gasteiger partial charge in [-0.1, -0.05) is 6.07 Å². The molecular weight excluding hydrogens is 320 g/mol. The van der Waals surface area contributed by atoms with Crippen molar-refractivity contribution in [1.82, 2.24) is 9.80 Å². The first-order valence-electron chi connectivity index (χ1n) is 8.88. The predicted molar refractivity (Wildman–Crippen MR) is 96.0 cm³/mol. The van der Waals surface area contributed by atoms with Crippen LogP contribution in [0, 0.1) is 5.92 Å². The van der Waals surface area contributed by atoms with Crippen LogP contribution in [0.15, 0.2) is 40.3 Å². The van der Waals surface area contributed by atoms with E-state index in [4.69, 9.17) is 9.15 Å². The van der Waals surface area contributed by atoms with Gasteiger partial charge in [0.15, 0.2) is 0 Å². The molecule has 0 aliphatic carbocycles. The van der Waals surface area contributed by atoms with Crippen LogP contribution in [0.2, 0.25) is 0 Å². The Bertz CT molecular complexity index is 579. The molecule has 2 aromatic rings. The standard InChI is InChI=1S/C19H26N2O2S/c1-20(12-16-6-3-8-22-16)18-14-21(13-17-7-4-10-24-17)11-15-5-2-9-23-19(15)18/h3-4,6-8,10,15,18-19H,2,5,9,11-14H2,1H3/t15-,18+,19-/m0/s1. The van der Waals surface area contributed by atoms with Gasteiger partial charge in [-0.05, 0) is 49.4 Å². The molecule has 130 valence electrons. The highest BCUT2D eigenvalue weighted by Gasteiger charge is 2.41. The van der Waals surface area contributed by atoms with E-state index in [1.807, 2.05) is 17.4 Å². The van der Waals surface area contributed by atoms with Gasteiger partial charge >= 0.3 is 0 Å². The topological polar surface area (TPSA) is 28.9 Å². The van der Waals surface area contributed by atoms with E-state index in [1.54, 1.807) is 6.26 Å². The molecule has 2 fully saturated rings. The van der Waals surface area contributed by atoms with Gasteiger partial charge in [0.25, 0.3) is 0 Å². The minimum absolute atomic E-state index is 0.360. The summed E-state index contributed by atoms with van der Waals surface area (Å²) in [5.41, 5.74) is 0. The summed E-state index contributed by atoms with van der Waals surface area (Å²) in [5.74, 6) is 1.68. The fourth-order valence-corrected chi connectivity index (χ4v) is 4.91. The van der Waals surface area contributed by atoms with Gasteiger partial charge < -0.3 is 9.15 Å². The summed E-state index contributed by atoms with van der Waals surface area (Å²) in [6, 6.07) is 8.84. The van der Waals surface area contributed by atoms with Gasteiger partial charge in [0.05, 0.1) is 18.9 Å². The molecule has 0 N–H and O–H groups in total. The van der Waals surface area contributed by atoms with Crippen LogP contribution in [0.3, 0.4) is 0 Å². The molecule has 0 bridgehead atoms. The number of likely N-dealkylation sites (tertiary alicyclic amines) is 1. The Morgan fingerprint density at radius 1 is 1.29 bits per heavy atom. The third-order valence-corrected chi connectivity index (χ3v) is 6.18. The van der Waals surface area contributed by atoms with Crippen molar-refractivity contribution in [2.24, 2.45) is 5.92 Å². The average molecular weight is 346 g/mol. The van der Waals surface area contributed by atoms with Crippen LogP contribution in [-0.4, -0.2) is 48.7 Å². The van der Waals surface area contributed by atoms with Crippen molar-refractivity contribution in [2.75, 3.05) is 26.7 Å². The monoisotopic (exact) mass is 346 g/mol. The summed E-state index contributed by atoms with van der Waals surface area (Å²) < 4.78 is 11.8. The maximum Gasteiger partial charge on any atom is 0.117 e. The van der Waals surface area contributed by atoms with E-state index in [9.17, 15) is 0 Å². The summed E-state index contributed by atoms with van der Waals surface area (Å²) in [4.78, 5) is 6.49. The molecule has 2 aliphatic heterocycles. The number of thiophene rings is 1. The third kappa shape index (κ3) is 3.59. The smallest absolute Gasteiger partial charge is 0.117 e. The van der Waals surface area contributed by atoms with Gasteiger partial charge in [-0.25, -0.2) is 0 Å². The van der Waals surface area contributed by atoms with Crippen LogP contribution in [-0.2, 0) is 17.8 Å². The second-order valence-corrected chi connectivity index (χ2v) is 8.11. The summed E-state index contributed by atoms with van der Waals surface area (Å²) >= 11 is 1.86. The Kier molecular flexibility index (Phi) is 5.03. The lowest BCUT2D eigenvalue weighted by Gasteiger charge is -2.48. The van der Waals surface area contributed by atoms with E-state index in [0.29, 0.717) is 18.1 Å². The van der Waals surface area contributed by atoms with E-state index in [1.165, 1.54) is 17.7 Å². The zero-order valence-corrected chi connectivity index (χ0v) is 15.1. The van der Waals surface area contributed by atoms with Crippen LogP contribution in [0.5, 0.6) is 0 Å². The zero-order valence-electron chi connectivity index (χ0n) is 14.3. The molecule has 5 heteroatoms. The molecule has 0 saturated carbocycles. The Morgan fingerprint density at radius 2 is 2.25 bits per heavy atom. The van der Waals surface area contributed by atoms with Crippen LogP contribution in [0.1, 0.15) is 23.5 Å². The van der Waals surface area contributed by atoms with Gasteiger partial charge in [-0.2, -0.15) is 0 Å². The minimum atomic E-state index is 0.360. The number of hydrogen-bond acceptors (Lipinski definition) is 5. The van der Waals surface area contributed by atoms with E-state index in [-0.39, 0.29) is 0 Å². The summed E-state index contributed by atoms with van der Waals surface area (Å²) in [5, 5.41) is 2.17. The molecule has 2 aliphatic rings. The molecule has 4 nitrogen and oxygen atoms in total. The van der Waals surface area contributed by atoms with Crippen molar-refractivity contribution in [3.63, 3.8) is 0 Å². The number of furan rings is 1. The van der Waals surface area contributed by atoms with Crippen molar-refractivity contribution >= 4 is 11.3 Å². The van der Waals surface area contributed by atoms with E-state index in [2.05, 4.69) is 40.4 Å². The van der Waals surface area contributed by atoms with Crippen molar-refractivity contribution in [1.29, 1.82) is 0 Å². The maximum atomic E-state index is 6.22. The van der Waals surface area contributed by atoms with E-state index < -0.39 is 0 Å². The lowest BCUT2D eigenvalue weighted by Crippen LogP contribution is -2.59. The number of likely N-dealkylation sites (N-methyl/N-ethyl adjacent to an activating group) is 1. The zero-order chi connectivity index (χ0) is 16.4. The molecule has 2 aromatic heterocycles. The highest BCUT2D eigenvalue weighted by Crippen LogP contribution is 2.32. The lowest BCUT2D eigenvalue weighted by atomic mass is 9.84. The van der Waals surface area contributed by atoms with E-state index >= 15 is 0 Å². The first-order chi connectivity index (χ1) is 11.8. The molecule has 0 amide bonds. The molecular formula is C19H26N2O2S. The Labute approximate surface area is 148 Å². The van der Waals surface area contributed by atoms with Gasteiger partial charge in [0.2, 0.25) is 0 Å². The lowest BCUT2D eigenvalue weighted by molar-refractivity contribution is -0.113. The highest BCUT2D eigenvalue weighted by molar-refractivity contribution is 7.09. The Hall–Kier alpha value is -1.14. The SMILES string of the molecule is CN(Cc1ccco1)[C@@H]1CN(Cc2cccs2)C[C@@H]2CCCO[C@@H]21. The largest absolute Gasteiger partial charge is 0.468 e. The quantitative estimate of drug-likeness (QED) is 0.829. The molecule has 0 aromatic carbocycles. The molecule has 3 atom stereocenters. The summed E-state index contributed by atoms with van der Waals surface area (Å²) in [6.07, 6.45) is 4.60.